The van der Waals surface area contributed by atoms with E-state index >= 15 is 0 Å². The van der Waals surface area contributed by atoms with Gasteiger partial charge in [0.05, 0.1) is 6.20 Å². The third kappa shape index (κ3) is 5.19. The van der Waals surface area contributed by atoms with E-state index in [4.69, 9.17) is 5.11 Å². The minimum atomic E-state index is -0.298. The van der Waals surface area contributed by atoms with E-state index in [1.807, 2.05) is 6.92 Å². The summed E-state index contributed by atoms with van der Waals surface area (Å²) in [6.07, 6.45) is 4.88. The molecular weight excluding hydrogens is 207 g/mol. The summed E-state index contributed by atoms with van der Waals surface area (Å²) in [5.74, 6) is 0.0610. The van der Waals surface area contributed by atoms with Crippen molar-refractivity contribution in [1.82, 2.24) is 10.3 Å². The number of aliphatic hydroxyl groups excluding tert-OH is 1. The minimum absolute atomic E-state index is 0.244. The third-order valence-electron chi connectivity index (χ3n) is 2.45. The fraction of sp³-hybridized carbons (Fsp3) is 0.583. The largest absolute Gasteiger partial charge is 0.396 e. The Morgan fingerprint density at radius 1 is 1.50 bits per heavy atom. The molecule has 90 valence electrons. The zero-order valence-electron chi connectivity index (χ0n) is 9.62. The highest BCUT2D eigenvalue weighted by molar-refractivity contribution is 5.09. The van der Waals surface area contributed by atoms with E-state index in [1.54, 1.807) is 6.20 Å². The van der Waals surface area contributed by atoms with Crippen LogP contribution in [0.2, 0.25) is 0 Å². The highest BCUT2D eigenvalue weighted by Gasteiger charge is 1.99. The normalized spacial score (nSPS) is 12.7. The van der Waals surface area contributed by atoms with Gasteiger partial charge in [0.25, 0.3) is 0 Å². The van der Waals surface area contributed by atoms with Crippen molar-refractivity contribution in [2.45, 2.75) is 26.3 Å². The number of rotatable bonds is 7. The van der Waals surface area contributed by atoms with Crippen LogP contribution >= 0.6 is 0 Å². The molecule has 0 aliphatic rings. The summed E-state index contributed by atoms with van der Waals surface area (Å²) in [7, 11) is 0. The van der Waals surface area contributed by atoms with Gasteiger partial charge in [0.15, 0.2) is 0 Å². The van der Waals surface area contributed by atoms with Crippen LogP contribution in [0.1, 0.15) is 25.3 Å². The Labute approximate surface area is 95.7 Å². The molecule has 0 radical (unpaired) electrons. The quantitative estimate of drug-likeness (QED) is 0.696. The SMILES string of the molecule is CC(CO)CCCNCc1cncc(F)c1. The molecule has 0 aromatic carbocycles. The number of aliphatic hydroxyl groups is 1. The van der Waals surface area contributed by atoms with Crippen molar-refractivity contribution in [1.29, 1.82) is 0 Å². The molecule has 0 aliphatic heterocycles. The fourth-order valence-corrected chi connectivity index (χ4v) is 1.45. The second-order valence-electron chi connectivity index (χ2n) is 4.12. The first kappa shape index (κ1) is 13.1. The molecule has 16 heavy (non-hydrogen) atoms. The zero-order valence-corrected chi connectivity index (χ0v) is 9.62. The maximum Gasteiger partial charge on any atom is 0.141 e. The summed E-state index contributed by atoms with van der Waals surface area (Å²) in [6, 6.07) is 1.48. The number of hydrogen-bond donors (Lipinski definition) is 2. The molecule has 1 unspecified atom stereocenters. The molecule has 0 saturated carbocycles. The summed E-state index contributed by atoms with van der Waals surface area (Å²) in [6.45, 7) is 3.78. The van der Waals surface area contributed by atoms with Gasteiger partial charge < -0.3 is 10.4 Å². The molecule has 0 amide bonds. The number of hydrogen-bond acceptors (Lipinski definition) is 3. The summed E-state index contributed by atoms with van der Waals surface area (Å²) < 4.78 is 12.8. The Kier molecular flexibility index (Phi) is 5.96. The van der Waals surface area contributed by atoms with E-state index in [1.165, 1.54) is 12.3 Å². The van der Waals surface area contributed by atoms with Gasteiger partial charge >= 0.3 is 0 Å². The second kappa shape index (κ2) is 7.30. The van der Waals surface area contributed by atoms with E-state index in [0.29, 0.717) is 12.5 Å². The van der Waals surface area contributed by atoms with Gasteiger partial charge in [0.2, 0.25) is 0 Å². The molecule has 2 N–H and O–H groups in total. The van der Waals surface area contributed by atoms with Crippen molar-refractivity contribution >= 4 is 0 Å². The van der Waals surface area contributed by atoms with Gasteiger partial charge in [-0.05, 0) is 36.9 Å². The number of aromatic nitrogens is 1. The van der Waals surface area contributed by atoms with E-state index in [2.05, 4.69) is 10.3 Å². The van der Waals surface area contributed by atoms with Crippen molar-refractivity contribution in [3.8, 4) is 0 Å². The first-order valence-electron chi connectivity index (χ1n) is 5.63. The first-order valence-corrected chi connectivity index (χ1v) is 5.63. The second-order valence-corrected chi connectivity index (χ2v) is 4.12. The molecule has 3 nitrogen and oxygen atoms in total. The molecule has 0 bridgehead atoms. The van der Waals surface area contributed by atoms with Crippen LogP contribution in [-0.4, -0.2) is 23.2 Å². The predicted molar refractivity (Wildman–Crippen MR) is 61.4 cm³/mol. The topological polar surface area (TPSA) is 45.1 Å². The van der Waals surface area contributed by atoms with Crippen molar-refractivity contribution in [2.24, 2.45) is 5.92 Å². The maximum atomic E-state index is 12.8. The maximum absolute atomic E-state index is 12.8. The summed E-state index contributed by atoms with van der Waals surface area (Å²) >= 11 is 0. The van der Waals surface area contributed by atoms with Crippen molar-refractivity contribution < 1.29 is 9.50 Å². The lowest BCUT2D eigenvalue weighted by Crippen LogP contribution is -2.16. The molecule has 1 rings (SSSR count). The minimum Gasteiger partial charge on any atom is -0.396 e. The van der Waals surface area contributed by atoms with Crippen LogP contribution in [0, 0.1) is 11.7 Å². The molecule has 4 heteroatoms. The molecule has 0 aliphatic carbocycles. The molecule has 1 heterocycles. The van der Waals surface area contributed by atoms with Crippen LogP contribution in [0.15, 0.2) is 18.5 Å². The fourth-order valence-electron chi connectivity index (χ4n) is 1.45. The van der Waals surface area contributed by atoms with Gasteiger partial charge in [-0.15, -0.1) is 0 Å². The summed E-state index contributed by atoms with van der Waals surface area (Å²) in [5.41, 5.74) is 0.857. The highest BCUT2D eigenvalue weighted by atomic mass is 19.1. The third-order valence-corrected chi connectivity index (χ3v) is 2.45. The highest BCUT2D eigenvalue weighted by Crippen LogP contribution is 2.03. The molecular formula is C12H19FN2O. The van der Waals surface area contributed by atoms with Gasteiger partial charge in [-0.3, -0.25) is 4.98 Å². The van der Waals surface area contributed by atoms with Gasteiger partial charge in [-0.25, -0.2) is 4.39 Å². The summed E-state index contributed by atoms with van der Waals surface area (Å²) in [4.78, 5) is 3.78. The predicted octanol–water partition coefficient (Wildman–Crippen LogP) is 1.72. The lowest BCUT2D eigenvalue weighted by Gasteiger charge is -2.08. The van der Waals surface area contributed by atoms with E-state index in [-0.39, 0.29) is 12.4 Å². The van der Waals surface area contributed by atoms with Crippen LogP contribution in [0.25, 0.3) is 0 Å². The van der Waals surface area contributed by atoms with Crippen LogP contribution in [0.4, 0.5) is 4.39 Å². The average molecular weight is 226 g/mol. The van der Waals surface area contributed by atoms with Gasteiger partial charge in [-0.1, -0.05) is 6.92 Å². The lowest BCUT2D eigenvalue weighted by atomic mass is 10.1. The molecule has 0 spiro atoms. The van der Waals surface area contributed by atoms with Crippen LogP contribution in [0.3, 0.4) is 0 Å². The number of pyridine rings is 1. The average Bonchev–Trinajstić information content (AvgIpc) is 2.28. The van der Waals surface area contributed by atoms with Gasteiger partial charge in [0.1, 0.15) is 5.82 Å². The Balaban J connectivity index is 2.12. The van der Waals surface area contributed by atoms with Crippen molar-refractivity contribution in [3.63, 3.8) is 0 Å². The van der Waals surface area contributed by atoms with Gasteiger partial charge in [-0.2, -0.15) is 0 Å². The molecule has 0 fully saturated rings. The van der Waals surface area contributed by atoms with Crippen LogP contribution in [-0.2, 0) is 6.54 Å². The van der Waals surface area contributed by atoms with Crippen molar-refractivity contribution in [2.75, 3.05) is 13.2 Å². The smallest absolute Gasteiger partial charge is 0.141 e. The van der Waals surface area contributed by atoms with Crippen molar-refractivity contribution in [3.05, 3.63) is 29.8 Å². The molecule has 1 atom stereocenters. The molecule has 0 saturated heterocycles. The zero-order chi connectivity index (χ0) is 11.8. The Hall–Kier alpha value is -1.00. The number of nitrogens with zero attached hydrogens (tertiary/aromatic N) is 1. The molecule has 1 aromatic rings. The van der Waals surface area contributed by atoms with E-state index < -0.39 is 0 Å². The standard InChI is InChI=1S/C12H19FN2O/c1-10(9-16)3-2-4-14-6-11-5-12(13)8-15-7-11/h5,7-8,10,14,16H,2-4,6,9H2,1H3. The van der Waals surface area contributed by atoms with Crippen LogP contribution in [0.5, 0.6) is 0 Å². The molecule has 1 aromatic heterocycles. The number of halogens is 1. The monoisotopic (exact) mass is 226 g/mol. The Bertz CT molecular complexity index is 307. The Morgan fingerprint density at radius 3 is 3.00 bits per heavy atom. The van der Waals surface area contributed by atoms with Crippen LogP contribution < -0.4 is 5.32 Å². The number of nitrogens with one attached hydrogen (secondary N) is 1. The van der Waals surface area contributed by atoms with E-state index in [9.17, 15) is 4.39 Å². The summed E-state index contributed by atoms with van der Waals surface area (Å²) in [5, 5.41) is 12.0. The first-order chi connectivity index (χ1) is 7.72. The Morgan fingerprint density at radius 2 is 2.31 bits per heavy atom. The van der Waals surface area contributed by atoms with E-state index in [0.717, 1.165) is 24.9 Å². The lowest BCUT2D eigenvalue weighted by molar-refractivity contribution is 0.228. The van der Waals surface area contributed by atoms with Gasteiger partial charge in [0, 0.05) is 19.3 Å².